The van der Waals surface area contributed by atoms with Crippen molar-refractivity contribution in [2.24, 2.45) is 4.99 Å². The number of amides is 4. The van der Waals surface area contributed by atoms with Gasteiger partial charge in [0.2, 0.25) is 5.54 Å². The van der Waals surface area contributed by atoms with Crippen LogP contribution >= 0.6 is 31.9 Å². The third-order valence-corrected chi connectivity index (χ3v) is 6.73. The molecule has 4 amide bonds. The van der Waals surface area contributed by atoms with Crippen molar-refractivity contribution < 1.29 is 22.8 Å². The highest BCUT2D eigenvalue weighted by Crippen LogP contribution is 2.46. The summed E-state index contributed by atoms with van der Waals surface area (Å²) in [5.74, 6) is -0.828. The molecule has 1 heterocycles. The number of alkyl halides is 3. The van der Waals surface area contributed by atoms with Gasteiger partial charge in [-0.25, -0.2) is 14.5 Å². The van der Waals surface area contributed by atoms with E-state index >= 15 is 0 Å². The number of halogens is 5. The molecule has 0 saturated carbocycles. The Hall–Kier alpha value is -3.69. The smallest absolute Gasteiger partial charge is 0.306 e. The van der Waals surface area contributed by atoms with Gasteiger partial charge in [-0.05, 0) is 79.7 Å². The lowest BCUT2D eigenvalue weighted by Gasteiger charge is -2.35. The molecule has 7 nitrogen and oxygen atoms in total. The molecule has 12 heteroatoms. The molecule has 0 radical (unpaired) electrons. The average Bonchev–Trinajstić information content (AvgIpc) is 3.08. The zero-order chi connectivity index (χ0) is 27.0. The highest BCUT2D eigenvalue weighted by molar-refractivity contribution is 9.10. The summed E-state index contributed by atoms with van der Waals surface area (Å²) in [5, 5.41) is 11.5. The van der Waals surface area contributed by atoms with Gasteiger partial charge < -0.3 is 5.32 Å². The molecule has 4 rings (SSSR count). The SMILES string of the molecule is CC1(C(F)(F)F)/C(=N/C(=O)Nc2ccc(Br)cc2)N(c2ccc(Br)cc2)C(=O)N1c1ccc(C#N)cc1. The molecule has 0 spiro atoms. The second-order valence-electron chi connectivity index (χ2n) is 8.03. The van der Waals surface area contributed by atoms with Gasteiger partial charge in [0.05, 0.1) is 17.3 Å². The van der Waals surface area contributed by atoms with Crippen molar-refractivity contribution in [3.05, 3.63) is 87.3 Å². The Morgan fingerprint density at radius 2 is 1.46 bits per heavy atom. The Morgan fingerprint density at radius 1 is 0.946 bits per heavy atom. The monoisotopic (exact) mass is 633 g/mol. The van der Waals surface area contributed by atoms with Gasteiger partial charge in [0, 0.05) is 20.3 Å². The van der Waals surface area contributed by atoms with Gasteiger partial charge >= 0.3 is 18.2 Å². The first-order valence-electron chi connectivity index (χ1n) is 10.6. The standard InChI is InChI=1S/C25H16Br2F3N5O2/c1-24(25(28,29)30)21(33-22(36)32-18-8-4-16(26)5-9-18)34(19-12-6-17(27)7-13-19)23(37)35(24)20-10-2-15(14-31)3-11-20/h2-13H,1H3,(H,32,36)/b33-21-. The van der Waals surface area contributed by atoms with Crippen molar-refractivity contribution in [1.82, 2.24) is 0 Å². The third-order valence-electron chi connectivity index (χ3n) is 5.67. The number of anilines is 3. The van der Waals surface area contributed by atoms with Gasteiger partial charge in [-0.3, -0.25) is 4.90 Å². The normalized spacial score (nSPS) is 18.7. The van der Waals surface area contributed by atoms with Crippen LogP contribution < -0.4 is 15.1 Å². The van der Waals surface area contributed by atoms with Crippen LogP contribution in [0.2, 0.25) is 0 Å². The fourth-order valence-corrected chi connectivity index (χ4v) is 4.30. The third kappa shape index (κ3) is 4.97. The number of hydrogen-bond acceptors (Lipinski definition) is 3. The number of carbonyl (C=O) groups excluding carboxylic acids is 2. The van der Waals surface area contributed by atoms with Crippen molar-refractivity contribution in [3.63, 3.8) is 0 Å². The maximum atomic E-state index is 14.8. The van der Waals surface area contributed by atoms with Gasteiger partial charge in [-0.15, -0.1) is 0 Å². The minimum Gasteiger partial charge on any atom is -0.306 e. The van der Waals surface area contributed by atoms with Crippen LogP contribution in [-0.2, 0) is 0 Å². The van der Waals surface area contributed by atoms with Gasteiger partial charge in [-0.1, -0.05) is 31.9 Å². The molecular weight excluding hydrogens is 619 g/mol. The lowest BCUT2D eigenvalue weighted by atomic mass is 9.97. The van der Waals surface area contributed by atoms with Crippen LogP contribution in [0.5, 0.6) is 0 Å². The van der Waals surface area contributed by atoms with Gasteiger partial charge in [0.25, 0.3) is 0 Å². The minimum absolute atomic E-state index is 0.0787. The molecule has 1 aliphatic heterocycles. The van der Waals surface area contributed by atoms with Gasteiger partial charge in [0.15, 0.2) is 5.84 Å². The van der Waals surface area contributed by atoms with Crippen molar-refractivity contribution >= 4 is 66.8 Å². The number of amidine groups is 1. The number of urea groups is 2. The topological polar surface area (TPSA) is 88.8 Å². The van der Waals surface area contributed by atoms with E-state index in [9.17, 15) is 22.8 Å². The van der Waals surface area contributed by atoms with Crippen LogP contribution in [0.15, 0.2) is 86.7 Å². The minimum atomic E-state index is -5.04. The molecule has 37 heavy (non-hydrogen) atoms. The van der Waals surface area contributed by atoms with Crippen LogP contribution in [0.1, 0.15) is 12.5 Å². The Balaban J connectivity index is 1.89. The zero-order valence-corrected chi connectivity index (χ0v) is 22.1. The lowest BCUT2D eigenvalue weighted by molar-refractivity contribution is -0.158. The molecule has 3 aromatic rings. The van der Waals surface area contributed by atoms with E-state index in [2.05, 4.69) is 42.2 Å². The van der Waals surface area contributed by atoms with E-state index < -0.39 is 29.6 Å². The molecular formula is C25H16Br2F3N5O2. The first kappa shape index (κ1) is 26.4. The summed E-state index contributed by atoms with van der Waals surface area (Å²) in [6, 6.07) is 17.2. The van der Waals surface area contributed by atoms with Crippen LogP contribution in [0, 0.1) is 11.3 Å². The molecule has 1 unspecified atom stereocenters. The summed E-state index contributed by atoms with van der Waals surface area (Å²) in [6.07, 6.45) is -5.04. The van der Waals surface area contributed by atoms with E-state index in [-0.39, 0.29) is 16.9 Å². The van der Waals surface area contributed by atoms with Crippen molar-refractivity contribution in [1.29, 1.82) is 5.26 Å². The molecule has 0 aromatic heterocycles. The Bertz CT molecular complexity index is 1420. The van der Waals surface area contributed by atoms with Gasteiger partial charge in [-0.2, -0.15) is 23.4 Å². The Labute approximate surface area is 226 Å². The van der Waals surface area contributed by atoms with E-state index in [1.54, 1.807) is 36.4 Å². The van der Waals surface area contributed by atoms with Crippen LogP contribution in [0.3, 0.4) is 0 Å². The molecule has 1 N–H and O–H groups in total. The Kier molecular flexibility index (Phi) is 7.12. The molecule has 0 bridgehead atoms. The molecule has 0 aliphatic carbocycles. The van der Waals surface area contributed by atoms with Crippen LogP contribution in [-0.4, -0.2) is 29.6 Å². The van der Waals surface area contributed by atoms with Crippen molar-refractivity contribution in [2.45, 2.75) is 18.6 Å². The Morgan fingerprint density at radius 3 is 1.97 bits per heavy atom. The first-order valence-corrected chi connectivity index (χ1v) is 12.2. The number of carbonyl (C=O) groups is 2. The van der Waals surface area contributed by atoms with E-state index in [0.29, 0.717) is 15.1 Å². The lowest BCUT2D eigenvalue weighted by Crippen LogP contribution is -2.58. The molecule has 3 aromatic carbocycles. The predicted molar refractivity (Wildman–Crippen MR) is 141 cm³/mol. The van der Waals surface area contributed by atoms with E-state index in [1.165, 1.54) is 36.4 Å². The summed E-state index contributed by atoms with van der Waals surface area (Å²) < 4.78 is 45.9. The fourth-order valence-electron chi connectivity index (χ4n) is 3.77. The highest BCUT2D eigenvalue weighted by atomic mass is 79.9. The number of aliphatic imine (C=N–C) groups is 1. The van der Waals surface area contributed by atoms with Crippen LogP contribution in [0.4, 0.5) is 39.8 Å². The summed E-state index contributed by atoms with van der Waals surface area (Å²) >= 11 is 6.53. The predicted octanol–water partition coefficient (Wildman–Crippen LogP) is 7.48. The number of nitriles is 1. The zero-order valence-electron chi connectivity index (χ0n) is 18.9. The number of nitrogens with zero attached hydrogens (tertiary/aromatic N) is 4. The van der Waals surface area contributed by atoms with E-state index in [0.717, 1.165) is 16.3 Å². The molecule has 188 valence electrons. The molecule has 1 atom stereocenters. The highest BCUT2D eigenvalue weighted by Gasteiger charge is 2.68. The summed E-state index contributed by atoms with van der Waals surface area (Å²) in [7, 11) is 0. The van der Waals surface area contributed by atoms with E-state index in [4.69, 9.17) is 5.26 Å². The number of hydrogen-bond donors (Lipinski definition) is 1. The fraction of sp³-hybridized carbons (Fsp3) is 0.120. The summed E-state index contributed by atoms with van der Waals surface area (Å²) in [6.45, 7) is 0.785. The number of nitrogens with one attached hydrogen (secondary N) is 1. The first-order chi connectivity index (χ1) is 17.5. The molecule has 1 fully saturated rings. The summed E-state index contributed by atoms with van der Waals surface area (Å²) in [5.41, 5.74) is -2.56. The quantitative estimate of drug-likeness (QED) is 0.324. The van der Waals surface area contributed by atoms with Crippen molar-refractivity contribution in [2.75, 3.05) is 15.1 Å². The van der Waals surface area contributed by atoms with Crippen LogP contribution in [0.25, 0.3) is 0 Å². The molecule has 1 saturated heterocycles. The summed E-state index contributed by atoms with van der Waals surface area (Å²) in [4.78, 5) is 31.6. The number of rotatable bonds is 3. The maximum Gasteiger partial charge on any atom is 0.419 e. The van der Waals surface area contributed by atoms with Crippen molar-refractivity contribution in [3.8, 4) is 6.07 Å². The number of benzene rings is 3. The second kappa shape index (κ2) is 9.99. The second-order valence-corrected chi connectivity index (χ2v) is 9.86. The largest absolute Gasteiger partial charge is 0.419 e. The molecule has 1 aliphatic rings. The van der Waals surface area contributed by atoms with E-state index in [1.807, 2.05) is 6.07 Å². The average molecular weight is 635 g/mol. The maximum absolute atomic E-state index is 14.8. The van der Waals surface area contributed by atoms with Gasteiger partial charge in [0.1, 0.15) is 0 Å².